The van der Waals surface area contributed by atoms with Crippen molar-refractivity contribution in [2.75, 3.05) is 13.7 Å². The van der Waals surface area contributed by atoms with Gasteiger partial charge in [0.15, 0.2) is 0 Å². The summed E-state index contributed by atoms with van der Waals surface area (Å²) in [7, 11) is 1.27. The van der Waals surface area contributed by atoms with Gasteiger partial charge in [-0.25, -0.2) is 4.79 Å². The summed E-state index contributed by atoms with van der Waals surface area (Å²) in [5, 5.41) is 12.7. The first-order valence-corrected chi connectivity index (χ1v) is 4.60. The molecule has 1 aromatic rings. The minimum absolute atomic E-state index is 0.00160. The van der Waals surface area contributed by atoms with Gasteiger partial charge in [0.1, 0.15) is 5.75 Å². The lowest BCUT2D eigenvalue weighted by atomic mass is 10.1. The van der Waals surface area contributed by atoms with Crippen molar-refractivity contribution in [1.29, 1.82) is 0 Å². The lowest BCUT2D eigenvalue weighted by Crippen LogP contribution is -2.01. The lowest BCUT2D eigenvalue weighted by Gasteiger charge is -2.01. The van der Waals surface area contributed by atoms with Crippen LogP contribution in [0, 0.1) is 11.8 Å². The number of phenolic OH excluding ortho intramolecular Hbond substituents is 1. The number of carbonyl (C=O) groups is 1. The van der Waals surface area contributed by atoms with Gasteiger partial charge in [-0.15, -0.1) is 0 Å². The van der Waals surface area contributed by atoms with Crippen LogP contribution < -0.4 is 0 Å². The second kappa shape index (κ2) is 6.05. The molecule has 0 amide bonds. The number of carbonyl (C=O) groups excluding carboxylic acids is 1. The third-order valence-electron chi connectivity index (χ3n) is 1.85. The van der Waals surface area contributed by atoms with E-state index in [2.05, 4.69) is 26.6 Å². The van der Waals surface area contributed by atoms with E-state index in [9.17, 15) is 9.90 Å². The average molecular weight is 231 g/mol. The second-order valence-corrected chi connectivity index (χ2v) is 2.91. The maximum Gasteiger partial charge on any atom is 0.337 e. The first-order valence-electron chi connectivity index (χ1n) is 4.60. The fraction of sp³-hybridized carbons (Fsp3) is 0.182. The summed E-state index contributed by atoms with van der Waals surface area (Å²) in [5.74, 6) is 4.58. The molecule has 0 atom stereocenters. The van der Waals surface area contributed by atoms with Crippen molar-refractivity contribution >= 4 is 5.97 Å². The predicted octanol–water partition coefficient (Wildman–Crippen LogP) is 1.84. The van der Waals surface area contributed by atoms with Gasteiger partial charge in [-0.3, -0.25) is 0 Å². The number of benzene rings is 1. The molecule has 86 valence electrons. The fourth-order valence-corrected chi connectivity index (χ4v) is 1.08. The van der Waals surface area contributed by atoms with Gasteiger partial charge in [-0.1, -0.05) is 17.0 Å². The molecule has 0 saturated heterocycles. The molecule has 0 unspecified atom stereocenters. The van der Waals surface area contributed by atoms with E-state index in [-0.39, 0.29) is 17.9 Å². The van der Waals surface area contributed by atoms with Crippen LogP contribution >= 0.6 is 0 Å². The highest BCUT2D eigenvalue weighted by Gasteiger charge is 2.07. The van der Waals surface area contributed by atoms with Crippen LogP contribution in [0.4, 0.5) is 0 Å². The molecule has 6 heteroatoms. The second-order valence-electron chi connectivity index (χ2n) is 2.91. The van der Waals surface area contributed by atoms with E-state index in [4.69, 9.17) is 5.53 Å². The van der Waals surface area contributed by atoms with E-state index in [1.165, 1.54) is 25.3 Å². The molecule has 0 aliphatic carbocycles. The Morgan fingerprint density at radius 1 is 1.65 bits per heavy atom. The first kappa shape index (κ1) is 12.4. The molecule has 0 fully saturated rings. The van der Waals surface area contributed by atoms with Crippen LogP contribution in [0.25, 0.3) is 10.4 Å². The molecule has 0 aliphatic heterocycles. The number of azide groups is 1. The summed E-state index contributed by atoms with van der Waals surface area (Å²) >= 11 is 0. The number of hydrogen-bond donors (Lipinski definition) is 1. The van der Waals surface area contributed by atoms with Crippen LogP contribution in [0.1, 0.15) is 15.9 Å². The Morgan fingerprint density at radius 2 is 2.41 bits per heavy atom. The van der Waals surface area contributed by atoms with Gasteiger partial charge in [0.2, 0.25) is 0 Å². The van der Waals surface area contributed by atoms with Crippen molar-refractivity contribution in [3.8, 4) is 17.6 Å². The van der Waals surface area contributed by atoms with Gasteiger partial charge in [0, 0.05) is 4.91 Å². The van der Waals surface area contributed by atoms with Gasteiger partial charge >= 0.3 is 5.97 Å². The van der Waals surface area contributed by atoms with E-state index < -0.39 is 5.97 Å². The van der Waals surface area contributed by atoms with E-state index in [0.717, 1.165) is 0 Å². The van der Waals surface area contributed by atoms with Crippen LogP contribution in [0.2, 0.25) is 0 Å². The minimum atomic E-state index is -0.511. The molecule has 1 aromatic carbocycles. The molecule has 0 bridgehead atoms. The van der Waals surface area contributed by atoms with E-state index in [0.29, 0.717) is 5.56 Å². The van der Waals surface area contributed by atoms with E-state index >= 15 is 0 Å². The Labute approximate surface area is 97.5 Å². The number of hydrogen-bond acceptors (Lipinski definition) is 4. The zero-order chi connectivity index (χ0) is 12.7. The van der Waals surface area contributed by atoms with Crippen LogP contribution in [-0.4, -0.2) is 24.7 Å². The summed E-state index contributed by atoms with van der Waals surface area (Å²) in [6.07, 6.45) is 0. The van der Waals surface area contributed by atoms with Crippen LogP contribution in [0.3, 0.4) is 0 Å². The Morgan fingerprint density at radius 3 is 3.06 bits per heavy atom. The third-order valence-corrected chi connectivity index (χ3v) is 1.85. The molecule has 1 rings (SSSR count). The predicted molar refractivity (Wildman–Crippen MR) is 60.3 cm³/mol. The van der Waals surface area contributed by atoms with Crippen molar-refractivity contribution < 1.29 is 14.6 Å². The standard InChI is InChI=1S/C11H9N3O3/c1-17-11(16)9-4-5-10(15)8(7-9)3-2-6-13-14-12/h4-5,7,15H,6H2,1H3. The number of rotatable bonds is 2. The van der Waals surface area contributed by atoms with Crippen molar-refractivity contribution in [2.24, 2.45) is 5.11 Å². The van der Waals surface area contributed by atoms with Crippen LogP contribution in [0.15, 0.2) is 23.3 Å². The van der Waals surface area contributed by atoms with Gasteiger partial charge in [0.05, 0.1) is 24.8 Å². The number of aromatic hydroxyl groups is 1. The molecule has 0 saturated carbocycles. The van der Waals surface area contributed by atoms with Crippen molar-refractivity contribution in [2.45, 2.75) is 0 Å². The number of nitrogens with zero attached hydrogens (tertiary/aromatic N) is 3. The zero-order valence-electron chi connectivity index (χ0n) is 9.04. The quantitative estimate of drug-likeness (QED) is 0.276. The minimum Gasteiger partial charge on any atom is -0.507 e. The molecule has 0 heterocycles. The number of phenols is 1. The lowest BCUT2D eigenvalue weighted by molar-refractivity contribution is 0.0600. The summed E-state index contributed by atoms with van der Waals surface area (Å²) in [6.45, 7) is -0.00160. The Kier molecular flexibility index (Phi) is 4.43. The molecular formula is C11H9N3O3. The molecule has 0 aromatic heterocycles. The largest absolute Gasteiger partial charge is 0.507 e. The van der Waals surface area contributed by atoms with E-state index in [1.54, 1.807) is 0 Å². The highest BCUT2D eigenvalue weighted by Crippen LogP contribution is 2.17. The van der Waals surface area contributed by atoms with Crippen LogP contribution in [-0.2, 0) is 4.74 Å². The van der Waals surface area contributed by atoms with Crippen LogP contribution in [0.5, 0.6) is 5.75 Å². The SMILES string of the molecule is COC(=O)c1ccc(O)c(C#CCN=[N+]=[N-])c1. The summed E-state index contributed by atoms with van der Waals surface area (Å²) in [6, 6.07) is 4.19. The Balaban J connectivity index is 3.00. The van der Waals surface area contributed by atoms with Crippen molar-refractivity contribution in [1.82, 2.24) is 0 Å². The highest BCUT2D eigenvalue weighted by atomic mass is 16.5. The number of esters is 1. The summed E-state index contributed by atoms with van der Waals surface area (Å²) in [5.41, 5.74) is 8.62. The van der Waals surface area contributed by atoms with Gasteiger partial charge in [-0.2, -0.15) is 0 Å². The monoisotopic (exact) mass is 231 g/mol. The average Bonchev–Trinajstić information content (AvgIpc) is 2.35. The topological polar surface area (TPSA) is 95.3 Å². The summed E-state index contributed by atoms with van der Waals surface area (Å²) in [4.78, 5) is 13.8. The number of methoxy groups -OCH3 is 1. The van der Waals surface area contributed by atoms with Crippen molar-refractivity contribution in [3.05, 3.63) is 39.8 Å². The third kappa shape index (κ3) is 3.45. The van der Waals surface area contributed by atoms with Gasteiger partial charge < -0.3 is 9.84 Å². The Bertz CT molecular complexity index is 537. The molecular weight excluding hydrogens is 222 g/mol. The molecule has 6 nitrogen and oxygen atoms in total. The van der Waals surface area contributed by atoms with E-state index in [1.807, 2.05) is 0 Å². The maximum atomic E-state index is 11.2. The first-order chi connectivity index (χ1) is 8.19. The van der Waals surface area contributed by atoms with Crippen molar-refractivity contribution in [3.63, 3.8) is 0 Å². The molecule has 0 radical (unpaired) electrons. The molecule has 1 N–H and O–H groups in total. The zero-order valence-corrected chi connectivity index (χ0v) is 9.04. The van der Waals surface area contributed by atoms with Gasteiger partial charge in [0.25, 0.3) is 0 Å². The smallest absolute Gasteiger partial charge is 0.337 e. The highest BCUT2D eigenvalue weighted by molar-refractivity contribution is 5.90. The molecule has 17 heavy (non-hydrogen) atoms. The maximum absolute atomic E-state index is 11.2. The number of ether oxygens (including phenoxy) is 1. The molecule has 0 aliphatic rings. The summed E-state index contributed by atoms with van der Waals surface area (Å²) < 4.78 is 4.54. The normalized spacial score (nSPS) is 8.53. The fourth-order valence-electron chi connectivity index (χ4n) is 1.08. The molecule has 0 spiro atoms. The Hall–Kier alpha value is -2.64. The van der Waals surface area contributed by atoms with Gasteiger partial charge in [-0.05, 0) is 23.7 Å².